The number of hydrogen-bond acceptors (Lipinski definition) is 4. The molecule has 0 aliphatic heterocycles. The van der Waals surface area contributed by atoms with E-state index in [1.54, 1.807) is 6.92 Å². The van der Waals surface area contributed by atoms with Gasteiger partial charge in [0.05, 0.1) is 0 Å². The van der Waals surface area contributed by atoms with Gasteiger partial charge in [-0.25, -0.2) is 0 Å². The first-order chi connectivity index (χ1) is 11.7. The molecule has 0 radical (unpaired) electrons. The number of benzene rings is 2. The second-order valence-electron chi connectivity index (χ2n) is 4.89. The summed E-state index contributed by atoms with van der Waals surface area (Å²) in [5.74, 6) is 1.38. The Hall–Kier alpha value is -2.60. The van der Waals surface area contributed by atoms with E-state index in [-0.39, 0.29) is 11.0 Å². The predicted octanol–water partition coefficient (Wildman–Crippen LogP) is 3.37. The fraction of sp³-hybridized carbons (Fsp3) is 0.222. The molecule has 126 valence electrons. The zero-order chi connectivity index (χ0) is 17.2. The quantitative estimate of drug-likeness (QED) is 0.596. The highest BCUT2D eigenvalue weighted by Gasteiger charge is 2.03. The minimum Gasteiger partial charge on any atom is -0.490 e. The largest absolute Gasteiger partial charge is 0.490 e. The van der Waals surface area contributed by atoms with Crippen molar-refractivity contribution in [3.05, 3.63) is 54.6 Å². The summed E-state index contributed by atoms with van der Waals surface area (Å²) in [6.07, 6.45) is 0.381. The normalized spacial score (nSPS) is 9.88. The van der Waals surface area contributed by atoms with Gasteiger partial charge < -0.3 is 20.1 Å². The summed E-state index contributed by atoms with van der Waals surface area (Å²) in [7, 11) is 0. The van der Waals surface area contributed by atoms with Crippen LogP contribution in [0.15, 0.2) is 54.6 Å². The van der Waals surface area contributed by atoms with E-state index >= 15 is 0 Å². The molecule has 0 bridgehead atoms. The van der Waals surface area contributed by atoms with Gasteiger partial charge in [0, 0.05) is 18.2 Å². The molecule has 0 aliphatic rings. The van der Waals surface area contributed by atoms with Crippen LogP contribution in [0.2, 0.25) is 0 Å². The van der Waals surface area contributed by atoms with Crippen LogP contribution in [-0.2, 0) is 4.79 Å². The first kappa shape index (κ1) is 17.7. The van der Waals surface area contributed by atoms with Crippen LogP contribution < -0.4 is 20.1 Å². The number of thiocarbonyl (C=S) groups is 1. The molecular formula is C18H20N2O3S. The van der Waals surface area contributed by atoms with Crippen molar-refractivity contribution in [3.8, 4) is 11.5 Å². The van der Waals surface area contributed by atoms with Gasteiger partial charge in [-0.1, -0.05) is 31.2 Å². The third-order valence-electron chi connectivity index (χ3n) is 3.03. The summed E-state index contributed by atoms with van der Waals surface area (Å²) in [5.41, 5.74) is 0.748. The zero-order valence-corrected chi connectivity index (χ0v) is 14.3. The maximum Gasteiger partial charge on any atom is 0.225 e. The van der Waals surface area contributed by atoms with Gasteiger partial charge in [-0.15, -0.1) is 0 Å². The summed E-state index contributed by atoms with van der Waals surface area (Å²) in [6.45, 7) is 2.64. The molecule has 0 aliphatic carbocycles. The highest BCUT2D eigenvalue weighted by Crippen LogP contribution is 2.17. The van der Waals surface area contributed by atoms with Crippen molar-refractivity contribution in [1.82, 2.24) is 5.32 Å². The number of amides is 1. The van der Waals surface area contributed by atoms with Crippen LogP contribution in [0, 0.1) is 0 Å². The number of rotatable bonds is 7. The monoisotopic (exact) mass is 344 g/mol. The molecule has 0 spiro atoms. The lowest BCUT2D eigenvalue weighted by Crippen LogP contribution is -2.33. The van der Waals surface area contributed by atoms with Crippen molar-refractivity contribution >= 4 is 28.9 Å². The Balaban J connectivity index is 1.77. The Morgan fingerprint density at radius 2 is 1.67 bits per heavy atom. The lowest BCUT2D eigenvalue weighted by molar-refractivity contribution is -0.119. The molecule has 0 atom stereocenters. The molecule has 2 aromatic rings. The second kappa shape index (κ2) is 9.52. The van der Waals surface area contributed by atoms with Gasteiger partial charge in [0.25, 0.3) is 0 Å². The number of nitrogens with one attached hydrogen (secondary N) is 2. The van der Waals surface area contributed by atoms with Gasteiger partial charge in [-0.3, -0.25) is 4.79 Å². The lowest BCUT2D eigenvalue weighted by Gasteiger charge is -2.11. The third-order valence-corrected chi connectivity index (χ3v) is 3.23. The molecule has 0 unspecified atom stereocenters. The lowest BCUT2D eigenvalue weighted by atomic mass is 10.3. The van der Waals surface area contributed by atoms with Crippen LogP contribution in [0.25, 0.3) is 0 Å². The van der Waals surface area contributed by atoms with Gasteiger partial charge in [0.15, 0.2) is 5.11 Å². The standard InChI is InChI=1S/C18H20N2O3S/c1-2-17(21)20-18(24)19-14-7-6-10-16(13-14)23-12-11-22-15-8-4-3-5-9-15/h3-10,13H,2,11-12H2,1H3,(H2,19,20,21,24). The van der Waals surface area contributed by atoms with E-state index in [1.165, 1.54) is 0 Å². The maximum absolute atomic E-state index is 11.3. The number of anilines is 1. The molecule has 2 N–H and O–H groups in total. The Kier molecular flexibility index (Phi) is 7.04. The first-order valence-corrected chi connectivity index (χ1v) is 8.09. The molecule has 2 rings (SSSR count). The van der Waals surface area contributed by atoms with E-state index in [4.69, 9.17) is 21.7 Å². The van der Waals surface area contributed by atoms with Crippen molar-refractivity contribution in [2.45, 2.75) is 13.3 Å². The molecule has 2 aromatic carbocycles. The molecule has 0 saturated carbocycles. The molecule has 1 amide bonds. The SMILES string of the molecule is CCC(=O)NC(=S)Nc1cccc(OCCOc2ccccc2)c1. The molecule has 5 nitrogen and oxygen atoms in total. The van der Waals surface area contributed by atoms with Crippen molar-refractivity contribution in [2.24, 2.45) is 0 Å². The molecular weight excluding hydrogens is 324 g/mol. The van der Waals surface area contributed by atoms with Crippen LogP contribution in [-0.4, -0.2) is 24.2 Å². The van der Waals surface area contributed by atoms with E-state index in [1.807, 2.05) is 54.6 Å². The van der Waals surface area contributed by atoms with Gasteiger partial charge in [0.2, 0.25) is 5.91 Å². The Morgan fingerprint density at radius 3 is 2.38 bits per heavy atom. The van der Waals surface area contributed by atoms with Crippen LogP contribution in [0.4, 0.5) is 5.69 Å². The Bertz CT molecular complexity index is 677. The average molecular weight is 344 g/mol. The summed E-state index contributed by atoms with van der Waals surface area (Å²) >= 11 is 5.08. The van der Waals surface area contributed by atoms with Crippen LogP contribution in [0.5, 0.6) is 11.5 Å². The van der Waals surface area contributed by atoms with Crippen LogP contribution >= 0.6 is 12.2 Å². The highest BCUT2D eigenvalue weighted by atomic mass is 32.1. The van der Waals surface area contributed by atoms with E-state index in [9.17, 15) is 4.79 Å². The number of hydrogen-bond donors (Lipinski definition) is 2. The molecule has 0 fully saturated rings. The number of carbonyl (C=O) groups is 1. The highest BCUT2D eigenvalue weighted by molar-refractivity contribution is 7.80. The van der Waals surface area contributed by atoms with E-state index in [2.05, 4.69) is 10.6 Å². The first-order valence-electron chi connectivity index (χ1n) is 7.69. The molecule has 0 heterocycles. The molecule has 0 saturated heterocycles. The van der Waals surface area contributed by atoms with Crippen LogP contribution in [0.3, 0.4) is 0 Å². The topological polar surface area (TPSA) is 59.6 Å². The number of carbonyl (C=O) groups excluding carboxylic acids is 1. The Morgan fingerprint density at radius 1 is 1.00 bits per heavy atom. The van der Waals surface area contributed by atoms with Gasteiger partial charge in [-0.2, -0.15) is 0 Å². The summed E-state index contributed by atoms with van der Waals surface area (Å²) in [6, 6.07) is 16.9. The van der Waals surface area contributed by atoms with Gasteiger partial charge in [-0.05, 0) is 36.5 Å². The summed E-state index contributed by atoms with van der Waals surface area (Å²) < 4.78 is 11.2. The van der Waals surface area contributed by atoms with E-state index < -0.39 is 0 Å². The fourth-order valence-electron chi connectivity index (χ4n) is 1.88. The van der Waals surface area contributed by atoms with E-state index in [0.29, 0.717) is 25.4 Å². The van der Waals surface area contributed by atoms with Gasteiger partial charge in [0.1, 0.15) is 24.7 Å². The summed E-state index contributed by atoms with van der Waals surface area (Å²) in [4.78, 5) is 11.3. The molecule has 24 heavy (non-hydrogen) atoms. The maximum atomic E-state index is 11.3. The Labute approximate surface area is 147 Å². The van der Waals surface area contributed by atoms with Crippen molar-refractivity contribution in [1.29, 1.82) is 0 Å². The van der Waals surface area contributed by atoms with E-state index in [0.717, 1.165) is 11.4 Å². The minimum absolute atomic E-state index is 0.127. The van der Waals surface area contributed by atoms with Crippen molar-refractivity contribution < 1.29 is 14.3 Å². The second-order valence-corrected chi connectivity index (χ2v) is 5.30. The smallest absolute Gasteiger partial charge is 0.225 e. The molecule has 0 aromatic heterocycles. The minimum atomic E-state index is -0.127. The van der Waals surface area contributed by atoms with Crippen molar-refractivity contribution in [2.75, 3.05) is 18.5 Å². The van der Waals surface area contributed by atoms with Crippen LogP contribution in [0.1, 0.15) is 13.3 Å². The number of ether oxygens (including phenoxy) is 2. The fourth-order valence-corrected chi connectivity index (χ4v) is 2.11. The number of para-hydroxylation sites is 1. The third kappa shape index (κ3) is 6.26. The van der Waals surface area contributed by atoms with Crippen molar-refractivity contribution in [3.63, 3.8) is 0 Å². The summed E-state index contributed by atoms with van der Waals surface area (Å²) in [5, 5.41) is 5.81. The zero-order valence-electron chi connectivity index (χ0n) is 13.5. The average Bonchev–Trinajstić information content (AvgIpc) is 2.60. The molecule has 6 heteroatoms. The van der Waals surface area contributed by atoms with Gasteiger partial charge >= 0.3 is 0 Å². The predicted molar refractivity (Wildman–Crippen MR) is 98.5 cm³/mol.